The van der Waals surface area contributed by atoms with Gasteiger partial charge in [0.15, 0.2) is 0 Å². The summed E-state index contributed by atoms with van der Waals surface area (Å²) < 4.78 is 0. The van der Waals surface area contributed by atoms with Gasteiger partial charge < -0.3 is 10.4 Å². The number of nitrogens with one attached hydrogen (secondary N) is 1. The maximum atomic E-state index is 12.4. The number of amides is 1. The van der Waals surface area contributed by atoms with Gasteiger partial charge in [0.1, 0.15) is 0 Å². The molecule has 1 aromatic carbocycles. The normalized spacial score (nSPS) is 20.8. The highest BCUT2D eigenvalue weighted by Gasteiger charge is 2.32. The van der Waals surface area contributed by atoms with Crippen LogP contribution >= 0.6 is 11.3 Å². The summed E-state index contributed by atoms with van der Waals surface area (Å²) in [5, 5.41) is 13.1. The molecule has 3 rings (SSSR count). The molecule has 0 radical (unpaired) electrons. The Kier molecular flexibility index (Phi) is 3.36. The summed E-state index contributed by atoms with van der Waals surface area (Å²) in [5.74, 6) is -0.104. The molecule has 4 heteroatoms. The van der Waals surface area contributed by atoms with Crippen LogP contribution in [0.5, 0.6) is 0 Å². The number of thiophene rings is 1. The first-order valence-corrected chi connectivity index (χ1v) is 7.51. The number of rotatable bonds is 2. The highest BCUT2D eigenvalue weighted by atomic mass is 32.1. The van der Waals surface area contributed by atoms with Crippen LogP contribution in [-0.2, 0) is 6.42 Å². The number of carbonyl (C=O) groups excluding carboxylic acids is 1. The van der Waals surface area contributed by atoms with Crippen molar-refractivity contribution in [1.82, 2.24) is 5.32 Å². The lowest BCUT2D eigenvalue weighted by Crippen LogP contribution is -2.33. The molecule has 2 aromatic rings. The third kappa shape index (κ3) is 2.25. The summed E-state index contributed by atoms with van der Waals surface area (Å²) in [7, 11) is 0. The third-order valence-electron chi connectivity index (χ3n) is 3.78. The second-order valence-corrected chi connectivity index (χ2v) is 6.71. The minimum absolute atomic E-state index is 0.104. The van der Waals surface area contributed by atoms with Crippen molar-refractivity contribution < 1.29 is 9.90 Å². The molecule has 1 heterocycles. The fourth-order valence-electron chi connectivity index (χ4n) is 2.82. The topological polar surface area (TPSA) is 49.3 Å². The molecule has 0 fully saturated rings. The average Bonchev–Trinajstić information content (AvgIpc) is 2.90. The van der Waals surface area contributed by atoms with Crippen LogP contribution in [0.4, 0.5) is 0 Å². The standard InChI is InChI=1S/C16H17NO2S/c1-9-7-13(10(2)20-9)16(19)17-15-12-6-4-3-5-11(12)8-14(15)18/h3-7,14-15,18H,8H2,1-2H3,(H,17,19)/t14-,15+/m0/s1. The van der Waals surface area contributed by atoms with Crippen molar-refractivity contribution >= 4 is 17.2 Å². The quantitative estimate of drug-likeness (QED) is 0.892. The van der Waals surface area contributed by atoms with Crippen LogP contribution in [0, 0.1) is 13.8 Å². The molecule has 0 saturated carbocycles. The molecule has 1 aliphatic carbocycles. The monoisotopic (exact) mass is 287 g/mol. The zero-order valence-electron chi connectivity index (χ0n) is 11.5. The van der Waals surface area contributed by atoms with E-state index in [9.17, 15) is 9.90 Å². The predicted molar refractivity (Wildman–Crippen MR) is 80.2 cm³/mol. The molecule has 0 saturated heterocycles. The fourth-order valence-corrected chi connectivity index (χ4v) is 3.74. The van der Waals surface area contributed by atoms with Crippen molar-refractivity contribution in [2.75, 3.05) is 0 Å². The molecular formula is C16H17NO2S. The van der Waals surface area contributed by atoms with Gasteiger partial charge in [-0.2, -0.15) is 0 Å². The van der Waals surface area contributed by atoms with E-state index in [1.165, 1.54) is 0 Å². The lowest BCUT2D eigenvalue weighted by molar-refractivity contribution is 0.0858. The predicted octanol–water partition coefficient (Wildman–Crippen LogP) is 2.75. The Hall–Kier alpha value is -1.65. The van der Waals surface area contributed by atoms with E-state index in [-0.39, 0.29) is 11.9 Å². The molecule has 0 aliphatic heterocycles. The van der Waals surface area contributed by atoms with Gasteiger partial charge in [0.2, 0.25) is 0 Å². The summed E-state index contributed by atoms with van der Waals surface area (Å²) in [5.41, 5.74) is 2.85. The van der Waals surface area contributed by atoms with Gasteiger partial charge >= 0.3 is 0 Å². The van der Waals surface area contributed by atoms with E-state index in [1.54, 1.807) is 11.3 Å². The zero-order chi connectivity index (χ0) is 14.3. The second kappa shape index (κ2) is 5.04. The van der Waals surface area contributed by atoms with Crippen LogP contribution in [0.25, 0.3) is 0 Å². The largest absolute Gasteiger partial charge is 0.390 e. The van der Waals surface area contributed by atoms with Gasteiger partial charge in [0.05, 0.1) is 17.7 Å². The number of aryl methyl sites for hydroxylation is 2. The van der Waals surface area contributed by atoms with E-state index in [1.807, 2.05) is 44.2 Å². The highest BCUT2D eigenvalue weighted by molar-refractivity contribution is 7.12. The Bertz CT molecular complexity index is 662. The number of aliphatic hydroxyl groups is 1. The number of hydrogen-bond donors (Lipinski definition) is 2. The van der Waals surface area contributed by atoms with Crippen molar-refractivity contribution in [1.29, 1.82) is 0 Å². The van der Waals surface area contributed by atoms with E-state index in [4.69, 9.17) is 0 Å². The Labute approximate surface area is 122 Å². The van der Waals surface area contributed by atoms with E-state index >= 15 is 0 Å². The van der Waals surface area contributed by atoms with E-state index < -0.39 is 6.10 Å². The first-order chi connectivity index (χ1) is 9.56. The molecule has 0 spiro atoms. The third-order valence-corrected chi connectivity index (χ3v) is 4.74. The molecule has 1 aromatic heterocycles. The van der Waals surface area contributed by atoms with Crippen LogP contribution in [0.1, 0.15) is 37.3 Å². The van der Waals surface area contributed by atoms with Crippen molar-refractivity contribution in [3.8, 4) is 0 Å². The van der Waals surface area contributed by atoms with E-state index in [0.717, 1.165) is 20.9 Å². The number of carbonyl (C=O) groups is 1. The molecule has 2 N–H and O–H groups in total. The highest BCUT2D eigenvalue weighted by Crippen LogP contribution is 2.32. The van der Waals surface area contributed by atoms with Crippen LogP contribution in [-0.4, -0.2) is 17.1 Å². The number of aliphatic hydroxyl groups excluding tert-OH is 1. The van der Waals surface area contributed by atoms with E-state index in [0.29, 0.717) is 12.0 Å². The van der Waals surface area contributed by atoms with Gasteiger partial charge in [-0.3, -0.25) is 4.79 Å². The lowest BCUT2D eigenvalue weighted by atomic mass is 10.1. The average molecular weight is 287 g/mol. The summed E-state index contributed by atoms with van der Waals surface area (Å²) in [6, 6.07) is 9.48. The number of hydrogen-bond acceptors (Lipinski definition) is 3. The Balaban J connectivity index is 1.85. The lowest BCUT2D eigenvalue weighted by Gasteiger charge is -2.17. The fraction of sp³-hybridized carbons (Fsp3) is 0.312. The first-order valence-electron chi connectivity index (χ1n) is 6.70. The maximum absolute atomic E-state index is 12.4. The van der Waals surface area contributed by atoms with Crippen molar-refractivity contribution in [2.24, 2.45) is 0 Å². The van der Waals surface area contributed by atoms with Gasteiger partial charge in [-0.1, -0.05) is 24.3 Å². The molecule has 1 amide bonds. The van der Waals surface area contributed by atoms with Gasteiger partial charge in [0.25, 0.3) is 5.91 Å². The Morgan fingerprint density at radius 2 is 2.10 bits per heavy atom. The van der Waals surface area contributed by atoms with Gasteiger partial charge in [-0.05, 0) is 31.0 Å². The maximum Gasteiger partial charge on any atom is 0.252 e. The molecule has 1 aliphatic rings. The molecule has 2 atom stereocenters. The van der Waals surface area contributed by atoms with Crippen LogP contribution in [0.3, 0.4) is 0 Å². The van der Waals surface area contributed by atoms with Crippen molar-refractivity contribution in [3.05, 3.63) is 56.8 Å². The molecular weight excluding hydrogens is 270 g/mol. The Morgan fingerprint density at radius 1 is 1.35 bits per heavy atom. The molecule has 0 unspecified atom stereocenters. The van der Waals surface area contributed by atoms with Gasteiger partial charge in [0, 0.05) is 16.2 Å². The second-order valence-electron chi connectivity index (χ2n) is 5.25. The van der Waals surface area contributed by atoms with Crippen LogP contribution in [0.15, 0.2) is 30.3 Å². The van der Waals surface area contributed by atoms with Crippen molar-refractivity contribution in [2.45, 2.75) is 32.4 Å². The Morgan fingerprint density at radius 3 is 2.80 bits per heavy atom. The van der Waals surface area contributed by atoms with Gasteiger partial charge in [-0.15, -0.1) is 11.3 Å². The summed E-state index contributed by atoms with van der Waals surface area (Å²) in [4.78, 5) is 14.5. The smallest absolute Gasteiger partial charge is 0.252 e. The summed E-state index contributed by atoms with van der Waals surface area (Å²) in [6.07, 6.45) is 0.0550. The molecule has 0 bridgehead atoms. The summed E-state index contributed by atoms with van der Waals surface area (Å²) >= 11 is 1.62. The minimum atomic E-state index is -0.545. The van der Waals surface area contributed by atoms with E-state index in [2.05, 4.69) is 5.32 Å². The van der Waals surface area contributed by atoms with Crippen LogP contribution < -0.4 is 5.32 Å². The van der Waals surface area contributed by atoms with Gasteiger partial charge in [-0.25, -0.2) is 0 Å². The first kappa shape index (κ1) is 13.3. The number of fused-ring (bicyclic) bond motifs is 1. The molecule has 20 heavy (non-hydrogen) atoms. The van der Waals surface area contributed by atoms with Crippen LogP contribution in [0.2, 0.25) is 0 Å². The summed E-state index contributed by atoms with van der Waals surface area (Å²) in [6.45, 7) is 3.94. The minimum Gasteiger partial charge on any atom is -0.390 e. The SMILES string of the molecule is Cc1cc(C(=O)N[C@@H]2c3ccccc3C[C@@H]2O)c(C)s1. The molecule has 3 nitrogen and oxygen atoms in total. The number of benzene rings is 1. The molecule has 104 valence electrons. The van der Waals surface area contributed by atoms with Crippen molar-refractivity contribution in [3.63, 3.8) is 0 Å². The zero-order valence-corrected chi connectivity index (χ0v) is 12.3.